The Morgan fingerprint density at radius 2 is 1.79 bits per heavy atom. The van der Waals surface area contributed by atoms with E-state index in [2.05, 4.69) is 10.2 Å². The van der Waals surface area contributed by atoms with Gasteiger partial charge in [0.2, 0.25) is 0 Å². The largest absolute Gasteiger partial charge is 0.496 e. The van der Waals surface area contributed by atoms with Crippen molar-refractivity contribution in [1.29, 1.82) is 0 Å². The Balaban J connectivity index is 2.35. The minimum absolute atomic E-state index is 0.312. The average Bonchev–Trinajstić information content (AvgIpc) is 2.49. The highest BCUT2D eigenvalue weighted by Crippen LogP contribution is 2.37. The molecule has 0 aliphatic carbocycles. The van der Waals surface area contributed by atoms with E-state index in [1.54, 1.807) is 14.2 Å². The van der Waals surface area contributed by atoms with E-state index >= 15 is 0 Å². The van der Waals surface area contributed by atoms with Crippen LogP contribution in [0.4, 0.5) is 4.39 Å². The van der Waals surface area contributed by atoms with Gasteiger partial charge >= 0.3 is 0 Å². The van der Waals surface area contributed by atoms with Crippen LogP contribution in [0.5, 0.6) is 11.5 Å². The van der Waals surface area contributed by atoms with Crippen LogP contribution in [0, 0.1) is 0 Å². The highest BCUT2D eigenvalue weighted by Gasteiger charge is 2.27. The van der Waals surface area contributed by atoms with Crippen molar-refractivity contribution < 1.29 is 13.9 Å². The van der Waals surface area contributed by atoms with Gasteiger partial charge in [0, 0.05) is 26.2 Å². The maximum absolute atomic E-state index is 13.6. The number of rotatable bonds is 5. The maximum atomic E-state index is 13.6. The van der Waals surface area contributed by atoms with Gasteiger partial charge in [0.1, 0.15) is 18.2 Å². The van der Waals surface area contributed by atoms with Crippen LogP contribution in [0.3, 0.4) is 0 Å². The second kappa shape index (κ2) is 6.73. The molecule has 1 aromatic carbocycles. The summed E-state index contributed by atoms with van der Waals surface area (Å²) in [5, 5.41) is 3.28. The van der Waals surface area contributed by atoms with E-state index < -0.39 is 6.67 Å². The zero-order chi connectivity index (χ0) is 13.7. The first-order valence-electron chi connectivity index (χ1n) is 6.53. The van der Waals surface area contributed by atoms with Crippen LogP contribution in [-0.4, -0.2) is 52.0 Å². The van der Waals surface area contributed by atoms with E-state index in [0.29, 0.717) is 11.5 Å². The van der Waals surface area contributed by atoms with Gasteiger partial charge < -0.3 is 14.8 Å². The van der Waals surface area contributed by atoms with Crippen LogP contribution in [-0.2, 0) is 0 Å². The van der Waals surface area contributed by atoms with Crippen molar-refractivity contribution in [3.05, 3.63) is 23.8 Å². The standard InChI is InChI=1S/C14H21FN2O2/c1-18-12-4-3-5-13(19-2)14(12)11(10-15)17-8-6-16-7-9-17/h3-5,11,16H,6-10H2,1-2H3/t11-/m0/s1. The van der Waals surface area contributed by atoms with Gasteiger partial charge in [-0.25, -0.2) is 4.39 Å². The molecule has 5 heteroatoms. The van der Waals surface area contributed by atoms with Crippen LogP contribution in [0.15, 0.2) is 18.2 Å². The maximum Gasteiger partial charge on any atom is 0.127 e. The Morgan fingerprint density at radius 1 is 1.21 bits per heavy atom. The van der Waals surface area contributed by atoms with Gasteiger partial charge in [-0.2, -0.15) is 0 Å². The molecule has 1 N–H and O–H groups in total. The lowest BCUT2D eigenvalue weighted by molar-refractivity contribution is 0.142. The molecule has 4 nitrogen and oxygen atoms in total. The molecule has 1 heterocycles. The fourth-order valence-electron chi connectivity index (χ4n) is 2.56. The monoisotopic (exact) mass is 268 g/mol. The van der Waals surface area contributed by atoms with Gasteiger partial charge in [-0.05, 0) is 12.1 Å². The van der Waals surface area contributed by atoms with E-state index in [1.807, 2.05) is 18.2 Å². The number of nitrogens with zero attached hydrogens (tertiary/aromatic N) is 1. The number of hydrogen-bond acceptors (Lipinski definition) is 4. The smallest absolute Gasteiger partial charge is 0.127 e. The van der Waals surface area contributed by atoms with Crippen molar-refractivity contribution in [3.8, 4) is 11.5 Å². The molecule has 106 valence electrons. The summed E-state index contributed by atoms with van der Waals surface area (Å²) in [6, 6.07) is 5.24. The first-order chi connectivity index (χ1) is 9.31. The molecule has 0 amide bonds. The van der Waals surface area contributed by atoms with E-state index in [4.69, 9.17) is 9.47 Å². The Morgan fingerprint density at radius 3 is 2.26 bits per heavy atom. The summed E-state index contributed by atoms with van der Waals surface area (Å²) in [5.74, 6) is 1.36. The number of halogens is 1. The number of piperazine rings is 1. The predicted molar refractivity (Wildman–Crippen MR) is 72.7 cm³/mol. The van der Waals surface area contributed by atoms with E-state index in [9.17, 15) is 4.39 Å². The van der Waals surface area contributed by atoms with Crippen LogP contribution >= 0.6 is 0 Å². The molecule has 1 aliphatic rings. The molecule has 2 rings (SSSR count). The minimum atomic E-state index is -0.448. The topological polar surface area (TPSA) is 33.7 Å². The van der Waals surface area contributed by atoms with Crippen molar-refractivity contribution in [2.75, 3.05) is 47.1 Å². The van der Waals surface area contributed by atoms with Crippen LogP contribution in [0.1, 0.15) is 11.6 Å². The molecule has 0 radical (unpaired) electrons. The normalized spacial score (nSPS) is 18.1. The first-order valence-corrected chi connectivity index (χ1v) is 6.53. The lowest BCUT2D eigenvalue weighted by atomic mass is 10.0. The second-order valence-electron chi connectivity index (χ2n) is 4.53. The van der Waals surface area contributed by atoms with Gasteiger partial charge in [0.25, 0.3) is 0 Å². The van der Waals surface area contributed by atoms with E-state index in [-0.39, 0.29) is 6.04 Å². The highest BCUT2D eigenvalue weighted by atomic mass is 19.1. The summed E-state index contributed by atoms with van der Waals surface area (Å²) >= 11 is 0. The third kappa shape index (κ3) is 2.98. The van der Waals surface area contributed by atoms with Crippen molar-refractivity contribution in [2.45, 2.75) is 6.04 Å². The van der Waals surface area contributed by atoms with Gasteiger partial charge in [-0.15, -0.1) is 0 Å². The number of ether oxygens (including phenoxy) is 2. The van der Waals surface area contributed by atoms with Crippen LogP contribution < -0.4 is 14.8 Å². The number of methoxy groups -OCH3 is 2. The Hall–Kier alpha value is -1.33. The molecule has 1 aromatic rings. The zero-order valence-corrected chi connectivity index (χ0v) is 11.5. The van der Waals surface area contributed by atoms with Gasteiger partial charge in [0.05, 0.1) is 25.8 Å². The summed E-state index contributed by atoms with van der Waals surface area (Å²) in [6.45, 7) is 2.98. The number of alkyl halides is 1. The lowest BCUT2D eigenvalue weighted by Crippen LogP contribution is -2.45. The summed E-state index contributed by atoms with van der Waals surface area (Å²) in [7, 11) is 3.21. The molecule has 1 aliphatic heterocycles. The summed E-state index contributed by atoms with van der Waals surface area (Å²) < 4.78 is 24.3. The Labute approximate surface area is 113 Å². The third-order valence-corrected chi connectivity index (χ3v) is 3.54. The van der Waals surface area contributed by atoms with Crippen molar-refractivity contribution >= 4 is 0 Å². The lowest BCUT2D eigenvalue weighted by Gasteiger charge is -2.34. The Kier molecular flexibility index (Phi) is 4.99. The first kappa shape index (κ1) is 14.1. The molecular weight excluding hydrogens is 247 g/mol. The highest BCUT2D eigenvalue weighted by molar-refractivity contribution is 5.47. The minimum Gasteiger partial charge on any atom is -0.496 e. The fourth-order valence-corrected chi connectivity index (χ4v) is 2.56. The summed E-state index contributed by atoms with van der Waals surface area (Å²) in [6.07, 6.45) is 0. The fraction of sp³-hybridized carbons (Fsp3) is 0.571. The molecule has 0 unspecified atom stereocenters. The van der Waals surface area contributed by atoms with Crippen LogP contribution in [0.2, 0.25) is 0 Å². The molecular formula is C14H21FN2O2. The van der Waals surface area contributed by atoms with Crippen molar-refractivity contribution in [2.24, 2.45) is 0 Å². The summed E-state index contributed by atoms with van der Waals surface area (Å²) in [5.41, 5.74) is 0.803. The van der Waals surface area contributed by atoms with Crippen molar-refractivity contribution in [1.82, 2.24) is 10.2 Å². The number of hydrogen-bond donors (Lipinski definition) is 1. The average molecular weight is 268 g/mol. The van der Waals surface area contributed by atoms with Gasteiger partial charge in [-0.1, -0.05) is 6.07 Å². The second-order valence-corrected chi connectivity index (χ2v) is 4.53. The molecule has 0 spiro atoms. The number of nitrogens with one attached hydrogen (secondary N) is 1. The molecule has 1 atom stereocenters. The van der Waals surface area contributed by atoms with E-state index in [1.165, 1.54) is 0 Å². The molecule has 0 saturated carbocycles. The molecule has 0 aromatic heterocycles. The predicted octanol–water partition coefficient (Wildman–Crippen LogP) is 1.62. The SMILES string of the molecule is COc1cccc(OC)c1[C@H](CF)N1CCNCC1. The van der Waals surface area contributed by atoms with Crippen molar-refractivity contribution in [3.63, 3.8) is 0 Å². The third-order valence-electron chi connectivity index (χ3n) is 3.54. The quantitative estimate of drug-likeness (QED) is 0.880. The molecule has 19 heavy (non-hydrogen) atoms. The number of benzene rings is 1. The van der Waals surface area contributed by atoms with Crippen LogP contribution in [0.25, 0.3) is 0 Å². The molecule has 0 bridgehead atoms. The molecule has 1 saturated heterocycles. The van der Waals surface area contributed by atoms with Gasteiger partial charge in [0.15, 0.2) is 0 Å². The zero-order valence-electron chi connectivity index (χ0n) is 11.5. The Bertz CT molecular complexity index is 386. The summed E-state index contributed by atoms with van der Waals surface area (Å²) in [4.78, 5) is 2.14. The van der Waals surface area contributed by atoms with Gasteiger partial charge in [-0.3, -0.25) is 4.90 Å². The molecule has 1 fully saturated rings. The van der Waals surface area contributed by atoms with E-state index in [0.717, 1.165) is 31.7 Å².